The second-order valence-corrected chi connectivity index (χ2v) is 7.52. The Morgan fingerprint density at radius 1 is 1.35 bits per heavy atom. The first-order chi connectivity index (χ1) is 11.2. The van der Waals surface area contributed by atoms with Crippen LogP contribution in [0.1, 0.15) is 36.1 Å². The zero-order valence-electron chi connectivity index (χ0n) is 12.7. The summed E-state index contributed by atoms with van der Waals surface area (Å²) in [7, 11) is 0. The van der Waals surface area contributed by atoms with E-state index in [0.29, 0.717) is 11.6 Å². The largest absolute Gasteiger partial charge is 0.302 e. The number of nitrogens with one attached hydrogen (secondary N) is 1. The lowest BCUT2D eigenvalue weighted by Gasteiger charge is -2.05. The summed E-state index contributed by atoms with van der Waals surface area (Å²) in [4.78, 5) is 17.6. The minimum absolute atomic E-state index is 0.00525. The van der Waals surface area contributed by atoms with Gasteiger partial charge in [0, 0.05) is 22.2 Å². The molecule has 0 spiro atoms. The monoisotopic (exact) mass is 396 g/mol. The molecule has 23 heavy (non-hydrogen) atoms. The number of hydrogen-bond donors (Lipinski definition) is 1. The van der Waals surface area contributed by atoms with Crippen LogP contribution in [0.15, 0.2) is 18.2 Å². The molecule has 2 aromatic rings. The van der Waals surface area contributed by atoms with Crippen LogP contribution in [0.2, 0.25) is 0 Å². The molecule has 0 aliphatic heterocycles. The van der Waals surface area contributed by atoms with Crippen LogP contribution < -0.4 is 5.32 Å². The van der Waals surface area contributed by atoms with Gasteiger partial charge >= 0.3 is 0 Å². The van der Waals surface area contributed by atoms with E-state index in [1.807, 2.05) is 6.07 Å². The maximum Gasteiger partial charge on any atom is 0.226 e. The number of unbranched alkanes of at least 4 members (excludes halogenated alkanes) is 1. The highest BCUT2D eigenvalue weighted by Gasteiger charge is 2.20. The standard InChI is InChI=1S/C17H18BrFN2OS/c18-9-2-1-6-15(22)20-17-21-16-13-10-12(19)8-7-11(13)4-3-5-14(16)23-17/h7-8,10H,1-6,9H2,(H,20,21,22). The molecule has 3 rings (SSSR count). The number of aryl methyl sites for hydroxylation is 2. The van der Waals surface area contributed by atoms with Gasteiger partial charge in [0.05, 0.1) is 5.69 Å². The SMILES string of the molecule is O=C(CCCCBr)Nc1nc2c(s1)CCCc1ccc(F)cc1-2. The summed E-state index contributed by atoms with van der Waals surface area (Å²) in [5, 5.41) is 4.42. The molecule has 6 heteroatoms. The molecule has 0 radical (unpaired) electrons. The Labute approximate surface area is 147 Å². The maximum atomic E-state index is 13.6. The Morgan fingerprint density at radius 3 is 3.04 bits per heavy atom. The summed E-state index contributed by atoms with van der Waals surface area (Å²) in [6, 6.07) is 4.90. The van der Waals surface area contributed by atoms with E-state index in [1.165, 1.54) is 17.4 Å². The number of amides is 1. The molecule has 1 aromatic heterocycles. The Morgan fingerprint density at radius 2 is 2.22 bits per heavy atom. The molecule has 1 amide bonds. The number of rotatable bonds is 5. The Kier molecular flexibility index (Phi) is 5.43. The van der Waals surface area contributed by atoms with Gasteiger partial charge in [0.25, 0.3) is 0 Å². The van der Waals surface area contributed by atoms with Crippen LogP contribution in [0.3, 0.4) is 0 Å². The third kappa shape index (κ3) is 3.98. The van der Waals surface area contributed by atoms with E-state index in [0.717, 1.165) is 59.1 Å². The highest BCUT2D eigenvalue weighted by Crippen LogP contribution is 2.37. The highest BCUT2D eigenvalue weighted by molar-refractivity contribution is 9.09. The van der Waals surface area contributed by atoms with Gasteiger partial charge in [0.15, 0.2) is 5.13 Å². The van der Waals surface area contributed by atoms with Crippen molar-refractivity contribution in [1.29, 1.82) is 0 Å². The maximum absolute atomic E-state index is 13.6. The van der Waals surface area contributed by atoms with Gasteiger partial charge < -0.3 is 5.32 Å². The molecular formula is C17H18BrFN2OS. The van der Waals surface area contributed by atoms with Crippen molar-refractivity contribution >= 4 is 38.3 Å². The lowest BCUT2D eigenvalue weighted by molar-refractivity contribution is -0.116. The number of fused-ring (bicyclic) bond motifs is 3. The van der Waals surface area contributed by atoms with Crippen molar-refractivity contribution in [3.05, 3.63) is 34.5 Å². The minimum atomic E-state index is -0.245. The van der Waals surface area contributed by atoms with Crippen molar-refractivity contribution in [3.63, 3.8) is 0 Å². The fourth-order valence-electron chi connectivity index (χ4n) is 2.77. The third-order valence-corrected chi connectivity index (χ3v) is 5.50. The predicted octanol–water partition coefficient (Wildman–Crippen LogP) is 4.94. The van der Waals surface area contributed by atoms with Crippen LogP contribution in [0.4, 0.5) is 9.52 Å². The summed E-state index contributed by atoms with van der Waals surface area (Å²) in [5.41, 5.74) is 2.83. The molecule has 1 aliphatic rings. The Bertz CT molecular complexity index is 717. The van der Waals surface area contributed by atoms with Crippen LogP contribution >= 0.6 is 27.3 Å². The number of alkyl halides is 1. The molecule has 1 aliphatic carbocycles. The molecule has 1 aromatic carbocycles. The highest BCUT2D eigenvalue weighted by atomic mass is 79.9. The average molecular weight is 397 g/mol. The first-order valence-electron chi connectivity index (χ1n) is 7.81. The lowest BCUT2D eigenvalue weighted by atomic mass is 10.0. The molecule has 0 unspecified atom stereocenters. The van der Waals surface area contributed by atoms with Crippen molar-refractivity contribution in [2.45, 2.75) is 38.5 Å². The number of carbonyl (C=O) groups is 1. The van der Waals surface area contributed by atoms with Gasteiger partial charge in [-0.05, 0) is 49.8 Å². The number of aromatic nitrogens is 1. The summed E-state index contributed by atoms with van der Waals surface area (Å²) in [6.07, 6.45) is 5.22. The van der Waals surface area contributed by atoms with E-state index < -0.39 is 0 Å². The summed E-state index contributed by atoms with van der Waals surface area (Å²) < 4.78 is 13.6. The van der Waals surface area contributed by atoms with Gasteiger partial charge in [-0.1, -0.05) is 22.0 Å². The zero-order chi connectivity index (χ0) is 16.2. The number of hydrogen-bond acceptors (Lipinski definition) is 3. The van der Waals surface area contributed by atoms with Crippen molar-refractivity contribution in [3.8, 4) is 11.3 Å². The van der Waals surface area contributed by atoms with E-state index in [1.54, 1.807) is 6.07 Å². The number of anilines is 1. The van der Waals surface area contributed by atoms with Gasteiger partial charge in [-0.25, -0.2) is 9.37 Å². The quantitative estimate of drug-likeness (QED) is 0.574. The van der Waals surface area contributed by atoms with E-state index in [4.69, 9.17) is 0 Å². The number of nitrogens with zero attached hydrogens (tertiary/aromatic N) is 1. The minimum Gasteiger partial charge on any atom is -0.302 e. The van der Waals surface area contributed by atoms with E-state index >= 15 is 0 Å². The molecule has 0 saturated carbocycles. The first-order valence-corrected chi connectivity index (χ1v) is 9.75. The second kappa shape index (κ2) is 7.53. The van der Waals surface area contributed by atoms with Gasteiger partial charge in [-0.2, -0.15) is 0 Å². The number of benzene rings is 1. The molecular weight excluding hydrogens is 379 g/mol. The molecule has 0 bridgehead atoms. The molecule has 0 saturated heterocycles. The predicted molar refractivity (Wildman–Crippen MR) is 95.8 cm³/mol. The average Bonchev–Trinajstić information content (AvgIpc) is 2.84. The second-order valence-electron chi connectivity index (χ2n) is 5.64. The molecule has 0 fully saturated rings. The van der Waals surface area contributed by atoms with Gasteiger partial charge in [0.1, 0.15) is 5.82 Å². The van der Waals surface area contributed by atoms with Gasteiger partial charge in [-0.15, -0.1) is 11.3 Å². The lowest BCUT2D eigenvalue weighted by Crippen LogP contribution is -2.10. The Balaban J connectivity index is 1.81. The van der Waals surface area contributed by atoms with E-state index in [2.05, 4.69) is 26.2 Å². The molecule has 122 valence electrons. The van der Waals surface area contributed by atoms with Crippen molar-refractivity contribution < 1.29 is 9.18 Å². The molecule has 1 heterocycles. The van der Waals surface area contributed by atoms with Crippen molar-refractivity contribution in [1.82, 2.24) is 4.98 Å². The van der Waals surface area contributed by atoms with E-state index in [-0.39, 0.29) is 11.7 Å². The summed E-state index contributed by atoms with van der Waals surface area (Å²) >= 11 is 4.87. The van der Waals surface area contributed by atoms with Crippen LogP contribution in [-0.4, -0.2) is 16.2 Å². The number of thiazole rings is 1. The van der Waals surface area contributed by atoms with Crippen LogP contribution in [-0.2, 0) is 17.6 Å². The Hall–Kier alpha value is -1.27. The van der Waals surface area contributed by atoms with Crippen LogP contribution in [0.25, 0.3) is 11.3 Å². The topological polar surface area (TPSA) is 42.0 Å². The molecule has 3 nitrogen and oxygen atoms in total. The van der Waals surface area contributed by atoms with Crippen molar-refractivity contribution in [2.24, 2.45) is 0 Å². The number of halogens is 2. The zero-order valence-corrected chi connectivity index (χ0v) is 15.1. The summed E-state index contributed by atoms with van der Waals surface area (Å²) in [5.74, 6) is -0.251. The first kappa shape index (κ1) is 16.6. The molecule has 0 atom stereocenters. The van der Waals surface area contributed by atoms with Crippen LogP contribution in [0, 0.1) is 5.82 Å². The number of carbonyl (C=O) groups excluding carboxylic acids is 1. The smallest absolute Gasteiger partial charge is 0.226 e. The molecule has 1 N–H and O–H groups in total. The third-order valence-electron chi connectivity index (χ3n) is 3.91. The normalized spacial score (nSPS) is 13.1. The van der Waals surface area contributed by atoms with E-state index in [9.17, 15) is 9.18 Å². The van der Waals surface area contributed by atoms with Gasteiger partial charge in [-0.3, -0.25) is 4.79 Å². The summed E-state index contributed by atoms with van der Waals surface area (Å²) in [6.45, 7) is 0. The van der Waals surface area contributed by atoms with Gasteiger partial charge in [0.2, 0.25) is 5.91 Å². The fraction of sp³-hybridized carbons (Fsp3) is 0.412. The fourth-order valence-corrected chi connectivity index (χ4v) is 4.20. The van der Waals surface area contributed by atoms with Crippen LogP contribution in [0.5, 0.6) is 0 Å². The van der Waals surface area contributed by atoms with Crippen molar-refractivity contribution in [2.75, 3.05) is 10.6 Å².